The zero-order chi connectivity index (χ0) is 18.7. The molecule has 0 aliphatic carbocycles. The number of hydrogen-bond donors (Lipinski definition) is 1. The Morgan fingerprint density at radius 2 is 1.81 bits per heavy atom. The molecule has 26 heavy (non-hydrogen) atoms. The van der Waals surface area contributed by atoms with Crippen molar-refractivity contribution in [3.8, 4) is 11.8 Å². The van der Waals surface area contributed by atoms with E-state index in [0.717, 1.165) is 10.9 Å². The monoisotopic (exact) mass is 366 g/mol. The number of β-amino-alcohol motifs (C(OH)–C–C–N with tert-alkyl or cyclic N) is 1. The Balaban J connectivity index is 1.91. The van der Waals surface area contributed by atoms with E-state index < -0.39 is 11.7 Å². The summed E-state index contributed by atoms with van der Waals surface area (Å²) in [4.78, 5) is 4.76. The topological polar surface area (TPSA) is 81.2 Å². The van der Waals surface area contributed by atoms with Gasteiger partial charge in [-0.05, 0) is 12.1 Å². The van der Waals surface area contributed by atoms with Gasteiger partial charge in [0.1, 0.15) is 6.07 Å². The minimum Gasteiger partial charge on any atom is -0.395 e. The number of nitrogens with zero attached hydrogens (tertiary/aromatic N) is 6. The van der Waals surface area contributed by atoms with Crippen molar-refractivity contribution in [3.05, 3.63) is 35.5 Å². The lowest BCUT2D eigenvalue weighted by molar-refractivity contribution is -0.137. The fourth-order valence-electron chi connectivity index (χ4n) is 2.90. The van der Waals surface area contributed by atoms with E-state index >= 15 is 0 Å². The Morgan fingerprint density at radius 1 is 1.12 bits per heavy atom. The van der Waals surface area contributed by atoms with Crippen molar-refractivity contribution < 1.29 is 18.3 Å². The number of aliphatic hydroxyl groups is 1. The molecule has 0 atom stereocenters. The van der Waals surface area contributed by atoms with Gasteiger partial charge in [-0.1, -0.05) is 12.1 Å². The molecule has 10 heteroatoms. The van der Waals surface area contributed by atoms with E-state index in [4.69, 9.17) is 5.11 Å². The molecule has 0 bridgehead atoms. The number of aliphatic hydroxyl groups excluding tert-OH is 1. The molecule has 0 unspecified atom stereocenters. The van der Waals surface area contributed by atoms with Crippen LogP contribution in [0.15, 0.2) is 24.3 Å². The molecule has 1 fully saturated rings. The molecule has 3 rings (SSSR count). The Labute approximate surface area is 147 Å². The Morgan fingerprint density at radius 3 is 2.42 bits per heavy atom. The van der Waals surface area contributed by atoms with E-state index in [1.54, 1.807) is 0 Å². The molecule has 2 heterocycles. The maximum Gasteiger partial charge on any atom is 0.418 e. The molecule has 1 aliphatic rings. The van der Waals surface area contributed by atoms with Gasteiger partial charge in [0.15, 0.2) is 5.82 Å². The van der Waals surface area contributed by atoms with Gasteiger partial charge in [-0.2, -0.15) is 18.4 Å². The fourth-order valence-corrected chi connectivity index (χ4v) is 2.90. The van der Waals surface area contributed by atoms with Crippen molar-refractivity contribution in [1.82, 2.24) is 19.9 Å². The molecular formula is C16H17F3N6O. The van der Waals surface area contributed by atoms with E-state index in [-0.39, 0.29) is 23.8 Å². The summed E-state index contributed by atoms with van der Waals surface area (Å²) in [6.07, 6.45) is -4.55. The second-order valence-corrected chi connectivity index (χ2v) is 5.84. The molecule has 0 amide bonds. The summed E-state index contributed by atoms with van der Waals surface area (Å²) in [6.45, 7) is 3.05. The second kappa shape index (κ2) is 7.31. The quantitative estimate of drug-likeness (QED) is 0.878. The van der Waals surface area contributed by atoms with E-state index in [1.165, 1.54) is 18.2 Å². The van der Waals surface area contributed by atoms with Crippen LogP contribution in [0.1, 0.15) is 11.3 Å². The maximum atomic E-state index is 13.2. The van der Waals surface area contributed by atoms with Crippen LogP contribution in [0.2, 0.25) is 0 Å². The van der Waals surface area contributed by atoms with E-state index in [1.807, 2.05) is 11.0 Å². The molecule has 0 saturated carbocycles. The molecule has 7 nitrogen and oxygen atoms in total. The van der Waals surface area contributed by atoms with Crippen molar-refractivity contribution >= 4 is 5.82 Å². The SMILES string of the molecule is N#Cc1nn(-c2ccccc2C(F)(F)F)nc1N1CCN(CCO)CC1. The van der Waals surface area contributed by atoms with Gasteiger partial charge < -0.3 is 10.0 Å². The van der Waals surface area contributed by atoms with Crippen LogP contribution in [0.4, 0.5) is 19.0 Å². The highest BCUT2D eigenvalue weighted by Gasteiger charge is 2.35. The highest BCUT2D eigenvalue weighted by molar-refractivity contribution is 5.51. The van der Waals surface area contributed by atoms with Crippen LogP contribution in [0, 0.1) is 11.3 Å². The summed E-state index contributed by atoms with van der Waals surface area (Å²) in [5, 5.41) is 26.4. The molecular weight excluding hydrogens is 349 g/mol. The predicted octanol–water partition coefficient (Wildman–Crippen LogP) is 1.27. The van der Waals surface area contributed by atoms with E-state index in [0.29, 0.717) is 32.7 Å². The summed E-state index contributed by atoms with van der Waals surface area (Å²) in [7, 11) is 0. The molecule has 1 aromatic heterocycles. The molecule has 1 saturated heterocycles. The first-order chi connectivity index (χ1) is 12.4. The first kappa shape index (κ1) is 18.2. The van der Waals surface area contributed by atoms with Gasteiger partial charge in [0, 0.05) is 32.7 Å². The van der Waals surface area contributed by atoms with Crippen LogP contribution in [-0.2, 0) is 6.18 Å². The number of aromatic nitrogens is 3. The third-order valence-electron chi connectivity index (χ3n) is 4.21. The van der Waals surface area contributed by atoms with Crippen molar-refractivity contribution in [2.24, 2.45) is 0 Å². The first-order valence-corrected chi connectivity index (χ1v) is 8.06. The average molecular weight is 366 g/mol. The predicted molar refractivity (Wildman–Crippen MR) is 86.8 cm³/mol. The summed E-state index contributed by atoms with van der Waals surface area (Å²) in [5.41, 5.74) is -1.10. The Kier molecular flexibility index (Phi) is 5.11. The van der Waals surface area contributed by atoms with Crippen LogP contribution in [0.3, 0.4) is 0 Å². The maximum absolute atomic E-state index is 13.2. The summed E-state index contributed by atoms with van der Waals surface area (Å²) in [5.74, 6) is 0.271. The van der Waals surface area contributed by atoms with Crippen LogP contribution >= 0.6 is 0 Å². The van der Waals surface area contributed by atoms with Crippen LogP contribution in [0.25, 0.3) is 5.69 Å². The second-order valence-electron chi connectivity index (χ2n) is 5.84. The highest BCUT2D eigenvalue weighted by atomic mass is 19.4. The van der Waals surface area contributed by atoms with Crippen LogP contribution in [0.5, 0.6) is 0 Å². The average Bonchev–Trinajstić information content (AvgIpc) is 3.06. The normalized spacial score (nSPS) is 15.9. The zero-order valence-electron chi connectivity index (χ0n) is 13.8. The molecule has 0 radical (unpaired) electrons. The number of piperazine rings is 1. The van der Waals surface area contributed by atoms with Crippen molar-refractivity contribution in [1.29, 1.82) is 5.26 Å². The third kappa shape index (κ3) is 3.63. The molecule has 2 aromatic rings. The first-order valence-electron chi connectivity index (χ1n) is 8.06. The Hall–Kier alpha value is -2.64. The van der Waals surface area contributed by atoms with E-state index in [9.17, 15) is 18.4 Å². The van der Waals surface area contributed by atoms with Crippen molar-refractivity contribution in [2.75, 3.05) is 44.2 Å². The zero-order valence-corrected chi connectivity index (χ0v) is 13.8. The van der Waals surface area contributed by atoms with Crippen LogP contribution < -0.4 is 4.90 Å². The molecule has 0 spiro atoms. The van der Waals surface area contributed by atoms with E-state index in [2.05, 4.69) is 15.1 Å². The number of benzene rings is 1. The largest absolute Gasteiger partial charge is 0.418 e. The Bertz CT molecular complexity index is 805. The lowest BCUT2D eigenvalue weighted by Gasteiger charge is -2.34. The number of nitriles is 1. The minimum atomic E-state index is -4.55. The lowest BCUT2D eigenvalue weighted by Crippen LogP contribution is -2.47. The molecule has 1 aliphatic heterocycles. The summed E-state index contributed by atoms with van der Waals surface area (Å²) in [6, 6.07) is 6.89. The fraction of sp³-hybridized carbons (Fsp3) is 0.438. The summed E-state index contributed by atoms with van der Waals surface area (Å²) >= 11 is 0. The van der Waals surface area contributed by atoms with Gasteiger partial charge in [0.05, 0.1) is 17.9 Å². The van der Waals surface area contributed by atoms with Gasteiger partial charge in [-0.3, -0.25) is 4.90 Å². The number of halogens is 3. The molecule has 1 aromatic carbocycles. The van der Waals surface area contributed by atoms with Gasteiger partial charge in [0.2, 0.25) is 5.69 Å². The smallest absolute Gasteiger partial charge is 0.395 e. The van der Waals surface area contributed by atoms with Gasteiger partial charge in [0.25, 0.3) is 0 Å². The van der Waals surface area contributed by atoms with Crippen LogP contribution in [-0.4, -0.2) is 64.3 Å². The van der Waals surface area contributed by atoms with Crippen molar-refractivity contribution in [3.63, 3.8) is 0 Å². The summed E-state index contributed by atoms with van der Waals surface area (Å²) < 4.78 is 39.7. The highest BCUT2D eigenvalue weighted by Crippen LogP contribution is 2.33. The van der Waals surface area contributed by atoms with Crippen molar-refractivity contribution in [2.45, 2.75) is 6.18 Å². The minimum absolute atomic E-state index is 0.0161. The number of rotatable bonds is 4. The standard InChI is InChI=1S/C16H17F3N6O/c17-16(18,19)12-3-1-2-4-14(12)25-21-13(11-20)15(22-25)24-7-5-23(6-8-24)9-10-26/h1-4,26H,5-10H2. The number of anilines is 1. The number of para-hydroxylation sites is 1. The third-order valence-corrected chi connectivity index (χ3v) is 4.21. The number of alkyl halides is 3. The van der Waals surface area contributed by atoms with Gasteiger partial charge >= 0.3 is 6.18 Å². The van der Waals surface area contributed by atoms with Gasteiger partial charge in [-0.25, -0.2) is 0 Å². The molecule has 138 valence electrons. The lowest BCUT2D eigenvalue weighted by atomic mass is 10.2. The molecule has 1 N–H and O–H groups in total. The van der Waals surface area contributed by atoms with Gasteiger partial charge in [-0.15, -0.1) is 15.0 Å². The number of hydrogen-bond acceptors (Lipinski definition) is 6.